The second kappa shape index (κ2) is 9.25. The van der Waals surface area contributed by atoms with Crippen LogP contribution in [0, 0.1) is 0 Å². The van der Waals surface area contributed by atoms with E-state index in [9.17, 15) is 4.79 Å². The van der Waals surface area contributed by atoms with Gasteiger partial charge in [0.1, 0.15) is 0 Å². The minimum absolute atomic E-state index is 0.110. The summed E-state index contributed by atoms with van der Waals surface area (Å²) in [5, 5.41) is 5.85. The summed E-state index contributed by atoms with van der Waals surface area (Å²) < 4.78 is 2.02. The smallest absolute Gasteiger partial charge is 0.315 e. The van der Waals surface area contributed by atoms with E-state index in [2.05, 4.69) is 34.0 Å². The number of benzene rings is 1. The van der Waals surface area contributed by atoms with E-state index in [1.165, 1.54) is 5.56 Å². The molecule has 1 unspecified atom stereocenters. The topological polar surface area (TPSA) is 59.0 Å². The fraction of sp³-hybridized carbons (Fsp3) is 0.412. The molecule has 1 atom stereocenters. The number of imidazole rings is 1. The Balaban J connectivity index is 1.74. The second-order valence-electron chi connectivity index (χ2n) is 5.56. The van der Waals surface area contributed by atoms with Crippen molar-refractivity contribution >= 4 is 17.8 Å². The summed E-state index contributed by atoms with van der Waals surface area (Å²) in [5.74, 6) is 1.06. The van der Waals surface area contributed by atoms with E-state index in [-0.39, 0.29) is 12.1 Å². The van der Waals surface area contributed by atoms with Gasteiger partial charge in [0.15, 0.2) is 0 Å². The molecule has 2 aromatic rings. The number of carbonyl (C=O) groups excluding carboxylic acids is 1. The summed E-state index contributed by atoms with van der Waals surface area (Å²) in [5.41, 5.74) is 2.30. The molecule has 0 spiro atoms. The van der Waals surface area contributed by atoms with E-state index in [1.807, 2.05) is 29.8 Å². The molecule has 0 fully saturated rings. The van der Waals surface area contributed by atoms with Crippen LogP contribution in [0.1, 0.15) is 24.5 Å². The number of urea groups is 1. The van der Waals surface area contributed by atoms with Crippen LogP contribution >= 0.6 is 11.8 Å². The molecule has 0 aliphatic carbocycles. The summed E-state index contributed by atoms with van der Waals surface area (Å²) in [7, 11) is 0. The van der Waals surface area contributed by atoms with Crippen LogP contribution in [-0.2, 0) is 13.1 Å². The highest BCUT2D eigenvalue weighted by Crippen LogP contribution is 2.06. The maximum Gasteiger partial charge on any atom is 0.315 e. The highest BCUT2D eigenvalue weighted by atomic mass is 32.2. The lowest BCUT2D eigenvalue weighted by Crippen LogP contribution is -2.40. The molecule has 1 heterocycles. The zero-order valence-corrected chi connectivity index (χ0v) is 14.5. The minimum Gasteiger partial charge on any atom is -0.336 e. The van der Waals surface area contributed by atoms with Crippen molar-refractivity contribution in [1.29, 1.82) is 0 Å². The number of hydrogen-bond acceptors (Lipinski definition) is 3. The highest BCUT2D eigenvalue weighted by molar-refractivity contribution is 7.98. The number of aromatic nitrogens is 2. The van der Waals surface area contributed by atoms with Gasteiger partial charge in [0.05, 0.1) is 6.33 Å². The SMILES string of the molecule is CSCCC(C)NC(=O)NCc1ccc(Cn2ccnc2)cc1. The summed E-state index contributed by atoms with van der Waals surface area (Å²) in [6, 6.07) is 8.33. The summed E-state index contributed by atoms with van der Waals surface area (Å²) in [6.45, 7) is 3.37. The van der Waals surface area contributed by atoms with E-state index in [0.29, 0.717) is 6.54 Å². The zero-order valence-electron chi connectivity index (χ0n) is 13.7. The van der Waals surface area contributed by atoms with Crippen molar-refractivity contribution in [2.75, 3.05) is 12.0 Å². The molecule has 0 aliphatic rings. The van der Waals surface area contributed by atoms with Gasteiger partial charge in [0, 0.05) is 31.5 Å². The van der Waals surface area contributed by atoms with Gasteiger partial charge < -0.3 is 15.2 Å². The molecule has 2 rings (SSSR count). The van der Waals surface area contributed by atoms with Crippen LogP contribution in [0.2, 0.25) is 0 Å². The lowest BCUT2D eigenvalue weighted by molar-refractivity contribution is 0.237. The van der Waals surface area contributed by atoms with Crippen molar-refractivity contribution in [2.24, 2.45) is 0 Å². The van der Waals surface area contributed by atoms with Crippen molar-refractivity contribution in [2.45, 2.75) is 32.5 Å². The van der Waals surface area contributed by atoms with Crippen LogP contribution in [0.3, 0.4) is 0 Å². The predicted molar refractivity (Wildman–Crippen MR) is 95.6 cm³/mol. The Morgan fingerprint density at radius 3 is 2.70 bits per heavy atom. The van der Waals surface area contributed by atoms with E-state index in [1.54, 1.807) is 24.3 Å². The number of thioether (sulfide) groups is 1. The molecular weight excluding hydrogens is 308 g/mol. The van der Waals surface area contributed by atoms with Gasteiger partial charge in [-0.15, -0.1) is 0 Å². The Bertz CT molecular complexity index is 583. The minimum atomic E-state index is -0.110. The van der Waals surface area contributed by atoms with Gasteiger partial charge in [-0.1, -0.05) is 24.3 Å². The molecule has 0 saturated heterocycles. The number of amides is 2. The first-order valence-corrected chi connectivity index (χ1v) is 9.13. The predicted octanol–water partition coefficient (Wildman–Crippen LogP) is 2.87. The maximum atomic E-state index is 11.8. The van der Waals surface area contributed by atoms with Gasteiger partial charge in [-0.05, 0) is 36.5 Å². The number of rotatable bonds is 8. The van der Waals surface area contributed by atoms with Crippen molar-refractivity contribution in [3.05, 3.63) is 54.1 Å². The molecule has 2 N–H and O–H groups in total. The molecule has 1 aromatic carbocycles. The Labute approximate surface area is 141 Å². The highest BCUT2D eigenvalue weighted by Gasteiger charge is 2.06. The van der Waals surface area contributed by atoms with Crippen LogP contribution in [0.15, 0.2) is 43.0 Å². The fourth-order valence-corrected chi connectivity index (χ4v) is 2.77. The third-order valence-electron chi connectivity index (χ3n) is 3.53. The van der Waals surface area contributed by atoms with Gasteiger partial charge >= 0.3 is 6.03 Å². The fourth-order valence-electron chi connectivity index (χ4n) is 2.18. The number of carbonyl (C=O) groups is 1. The molecular formula is C17H24N4OS. The molecule has 23 heavy (non-hydrogen) atoms. The van der Waals surface area contributed by atoms with Crippen molar-refractivity contribution in [1.82, 2.24) is 20.2 Å². The van der Waals surface area contributed by atoms with Crippen LogP contribution in [-0.4, -0.2) is 33.6 Å². The Hall–Kier alpha value is -1.95. The standard InChI is InChI=1S/C17H24N4OS/c1-14(7-10-23-2)20-17(22)19-11-15-3-5-16(6-4-15)12-21-9-8-18-13-21/h3-6,8-9,13-14H,7,10-12H2,1-2H3,(H2,19,20,22). The van der Waals surface area contributed by atoms with Crippen LogP contribution < -0.4 is 10.6 Å². The summed E-state index contributed by atoms with van der Waals surface area (Å²) in [4.78, 5) is 15.9. The third-order valence-corrected chi connectivity index (χ3v) is 4.18. The normalized spacial score (nSPS) is 11.9. The molecule has 2 amide bonds. The molecule has 0 aliphatic heterocycles. The van der Waals surface area contributed by atoms with Gasteiger partial charge in [0.25, 0.3) is 0 Å². The number of hydrogen-bond donors (Lipinski definition) is 2. The third kappa shape index (κ3) is 6.36. The van der Waals surface area contributed by atoms with E-state index in [4.69, 9.17) is 0 Å². The van der Waals surface area contributed by atoms with Crippen molar-refractivity contribution in [3.63, 3.8) is 0 Å². The lowest BCUT2D eigenvalue weighted by atomic mass is 10.1. The maximum absolute atomic E-state index is 11.8. The van der Waals surface area contributed by atoms with E-state index >= 15 is 0 Å². The number of nitrogens with zero attached hydrogens (tertiary/aromatic N) is 2. The summed E-state index contributed by atoms with van der Waals surface area (Å²) >= 11 is 1.79. The molecule has 6 heteroatoms. The van der Waals surface area contributed by atoms with E-state index < -0.39 is 0 Å². The zero-order chi connectivity index (χ0) is 16.5. The lowest BCUT2D eigenvalue weighted by Gasteiger charge is -2.14. The first-order valence-electron chi connectivity index (χ1n) is 7.74. The quantitative estimate of drug-likeness (QED) is 0.781. The molecule has 5 nitrogen and oxygen atoms in total. The van der Waals surface area contributed by atoms with Gasteiger partial charge in [0.2, 0.25) is 0 Å². The number of nitrogens with one attached hydrogen (secondary N) is 2. The van der Waals surface area contributed by atoms with Gasteiger partial charge in [-0.25, -0.2) is 9.78 Å². The van der Waals surface area contributed by atoms with Crippen LogP contribution in [0.4, 0.5) is 4.79 Å². The first-order chi connectivity index (χ1) is 11.2. The van der Waals surface area contributed by atoms with Gasteiger partial charge in [-0.3, -0.25) is 0 Å². The van der Waals surface area contributed by atoms with Crippen molar-refractivity contribution < 1.29 is 4.79 Å². The Morgan fingerprint density at radius 2 is 2.04 bits per heavy atom. The molecule has 1 aromatic heterocycles. The first kappa shape index (κ1) is 17.4. The molecule has 0 bridgehead atoms. The van der Waals surface area contributed by atoms with Crippen molar-refractivity contribution in [3.8, 4) is 0 Å². The monoisotopic (exact) mass is 332 g/mol. The summed E-state index contributed by atoms with van der Waals surface area (Å²) in [6.07, 6.45) is 8.58. The average molecular weight is 332 g/mol. The Morgan fingerprint density at radius 1 is 1.30 bits per heavy atom. The van der Waals surface area contributed by atoms with Gasteiger partial charge in [-0.2, -0.15) is 11.8 Å². The average Bonchev–Trinajstić information content (AvgIpc) is 3.05. The largest absolute Gasteiger partial charge is 0.336 e. The second-order valence-corrected chi connectivity index (χ2v) is 6.55. The molecule has 0 radical (unpaired) electrons. The van der Waals surface area contributed by atoms with Crippen LogP contribution in [0.5, 0.6) is 0 Å². The Kier molecular flexibility index (Phi) is 7.00. The molecule has 0 saturated carbocycles. The van der Waals surface area contributed by atoms with E-state index in [0.717, 1.165) is 24.3 Å². The van der Waals surface area contributed by atoms with Crippen LogP contribution in [0.25, 0.3) is 0 Å². The molecule has 124 valence electrons.